The Hall–Kier alpha value is -1.73. The molecule has 0 radical (unpaired) electrons. The van der Waals surface area contributed by atoms with Gasteiger partial charge in [-0.25, -0.2) is 0 Å². The minimum Gasteiger partial charge on any atom is -0.339 e. The van der Waals surface area contributed by atoms with E-state index >= 15 is 0 Å². The van der Waals surface area contributed by atoms with Crippen LogP contribution in [-0.2, 0) is 0 Å². The van der Waals surface area contributed by atoms with Crippen LogP contribution in [0.1, 0.15) is 35.3 Å². The molecule has 2 aliphatic heterocycles. The lowest BCUT2D eigenvalue weighted by molar-refractivity contribution is -0.385. The van der Waals surface area contributed by atoms with Gasteiger partial charge in [0.1, 0.15) is 6.20 Å². The Labute approximate surface area is 141 Å². The summed E-state index contributed by atoms with van der Waals surface area (Å²) < 4.78 is 0. The molecule has 3 rings (SSSR count). The van der Waals surface area contributed by atoms with Gasteiger partial charge in [-0.3, -0.25) is 19.9 Å². The number of likely N-dealkylation sites (tertiary alicyclic amines) is 1. The number of hydrogen-bond donors (Lipinski definition) is 1. The van der Waals surface area contributed by atoms with Gasteiger partial charge in [-0.05, 0) is 38.1 Å². The molecular formula is C15H21ClN4O3. The van der Waals surface area contributed by atoms with E-state index in [0.717, 1.165) is 25.9 Å². The zero-order chi connectivity index (χ0) is 15.7. The van der Waals surface area contributed by atoms with Crippen LogP contribution < -0.4 is 5.32 Å². The number of nitrogens with one attached hydrogen (secondary N) is 1. The van der Waals surface area contributed by atoms with E-state index < -0.39 is 4.92 Å². The van der Waals surface area contributed by atoms with Crippen LogP contribution in [0, 0.1) is 22.5 Å². The summed E-state index contributed by atoms with van der Waals surface area (Å²) in [5.41, 5.74) is 1.09. The molecule has 126 valence electrons. The second-order valence-corrected chi connectivity index (χ2v) is 6.30. The number of amides is 1. The first-order valence-electron chi connectivity index (χ1n) is 7.62. The van der Waals surface area contributed by atoms with E-state index in [0.29, 0.717) is 29.8 Å². The molecule has 8 heteroatoms. The molecule has 1 aromatic heterocycles. The first kappa shape index (κ1) is 17.6. The Kier molecular flexibility index (Phi) is 5.21. The number of halogens is 1. The van der Waals surface area contributed by atoms with Gasteiger partial charge in [0.2, 0.25) is 0 Å². The molecule has 0 bridgehead atoms. The van der Waals surface area contributed by atoms with Gasteiger partial charge in [-0.1, -0.05) is 0 Å². The zero-order valence-corrected chi connectivity index (χ0v) is 13.9. The first-order valence-corrected chi connectivity index (χ1v) is 7.62. The number of nitrogens with zero attached hydrogens (tertiary/aromatic N) is 3. The maximum Gasteiger partial charge on any atom is 0.288 e. The van der Waals surface area contributed by atoms with Crippen LogP contribution in [0.5, 0.6) is 0 Å². The Morgan fingerprint density at radius 2 is 2.09 bits per heavy atom. The van der Waals surface area contributed by atoms with Crippen LogP contribution in [0.4, 0.5) is 5.69 Å². The molecular weight excluding hydrogens is 320 g/mol. The molecule has 2 saturated heterocycles. The molecule has 1 N–H and O–H groups in total. The van der Waals surface area contributed by atoms with E-state index in [1.54, 1.807) is 11.8 Å². The number of nitro groups is 1. The van der Waals surface area contributed by atoms with Crippen molar-refractivity contribution in [3.63, 3.8) is 0 Å². The van der Waals surface area contributed by atoms with Crippen molar-refractivity contribution >= 4 is 24.0 Å². The highest BCUT2D eigenvalue weighted by Gasteiger charge is 2.38. The number of rotatable bonds is 2. The van der Waals surface area contributed by atoms with Crippen molar-refractivity contribution < 1.29 is 9.72 Å². The van der Waals surface area contributed by atoms with Crippen molar-refractivity contribution in [1.82, 2.24) is 15.2 Å². The Morgan fingerprint density at radius 3 is 2.65 bits per heavy atom. The highest BCUT2D eigenvalue weighted by molar-refractivity contribution is 5.95. The third-order valence-corrected chi connectivity index (χ3v) is 4.96. The summed E-state index contributed by atoms with van der Waals surface area (Å²) in [5.74, 6) is -0.144. The van der Waals surface area contributed by atoms with Gasteiger partial charge >= 0.3 is 0 Å². The maximum absolute atomic E-state index is 12.6. The average Bonchev–Trinajstić information content (AvgIpc) is 2.96. The van der Waals surface area contributed by atoms with Crippen molar-refractivity contribution in [2.45, 2.75) is 26.2 Å². The summed E-state index contributed by atoms with van der Waals surface area (Å²) in [5, 5.41) is 14.3. The predicted molar refractivity (Wildman–Crippen MR) is 87.9 cm³/mol. The highest BCUT2D eigenvalue weighted by atomic mass is 35.5. The van der Waals surface area contributed by atoms with E-state index in [4.69, 9.17) is 0 Å². The highest BCUT2D eigenvalue weighted by Crippen LogP contribution is 2.37. The molecule has 0 aromatic carbocycles. The van der Waals surface area contributed by atoms with Crippen LogP contribution in [0.2, 0.25) is 0 Å². The fourth-order valence-corrected chi connectivity index (χ4v) is 3.42. The third-order valence-electron chi connectivity index (χ3n) is 4.96. The molecule has 1 amide bonds. The predicted octanol–water partition coefficient (Wildman–Crippen LogP) is 1.94. The molecule has 2 aliphatic rings. The monoisotopic (exact) mass is 340 g/mol. The normalized spacial score (nSPS) is 19.4. The van der Waals surface area contributed by atoms with E-state index in [1.807, 2.05) is 0 Å². The lowest BCUT2D eigenvalue weighted by Gasteiger charge is -2.39. The Bertz CT molecular complexity index is 607. The first-order chi connectivity index (χ1) is 10.5. The summed E-state index contributed by atoms with van der Waals surface area (Å²) in [6, 6.07) is 1.34. The van der Waals surface area contributed by atoms with Crippen LogP contribution in [0.25, 0.3) is 0 Å². The molecule has 2 fully saturated rings. The molecule has 1 spiro atoms. The topological polar surface area (TPSA) is 88.4 Å². The van der Waals surface area contributed by atoms with Gasteiger partial charge in [0.25, 0.3) is 11.6 Å². The van der Waals surface area contributed by atoms with Gasteiger partial charge in [-0.15, -0.1) is 12.4 Å². The van der Waals surface area contributed by atoms with Crippen molar-refractivity contribution in [1.29, 1.82) is 0 Å². The lowest BCUT2D eigenvalue weighted by Crippen LogP contribution is -2.44. The van der Waals surface area contributed by atoms with Crippen LogP contribution in [0.3, 0.4) is 0 Å². The quantitative estimate of drug-likeness (QED) is 0.656. The van der Waals surface area contributed by atoms with E-state index in [1.165, 1.54) is 18.7 Å². The van der Waals surface area contributed by atoms with Gasteiger partial charge in [-0.2, -0.15) is 0 Å². The SMILES string of the molecule is Cc1ncc([N+](=O)[O-])cc1C(=O)N1CCC2(CCNC2)CC1.Cl. The molecule has 0 aliphatic carbocycles. The lowest BCUT2D eigenvalue weighted by atomic mass is 9.78. The van der Waals surface area contributed by atoms with Gasteiger partial charge < -0.3 is 10.2 Å². The fraction of sp³-hybridized carbons (Fsp3) is 0.600. The smallest absolute Gasteiger partial charge is 0.288 e. The minimum absolute atomic E-state index is 0. The molecule has 23 heavy (non-hydrogen) atoms. The Morgan fingerprint density at radius 1 is 1.39 bits per heavy atom. The Balaban J connectivity index is 0.00000192. The molecule has 7 nitrogen and oxygen atoms in total. The summed E-state index contributed by atoms with van der Waals surface area (Å²) in [4.78, 5) is 28.8. The maximum atomic E-state index is 12.6. The number of aromatic nitrogens is 1. The van der Waals surface area contributed by atoms with E-state index in [-0.39, 0.29) is 24.0 Å². The van der Waals surface area contributed by atoms with Crippen LogP contribution >= 0.6 is 12.4 Å². The van der Waals surface area contributed by atoms with Gasteiger partial charge in [0, 0.05) is 25.7 Å². The number of carbonyl (C=O) groups is 1. The number of pyridine rings is 1. The summed E-state index contributed by atoms with van der Waals surface area (Å²) in [7, 11) is 0. The fourth-order valence-electron chi connectivity index (χ4n) is 3.42. The number of aryl methyl sites for hydroxylation is 1. The van der Waals surface area contributed by atoms with Crippen molar-refractivity contribution in [2.24, 2.45) is 5.41 Å². The van der Waals surface area contributed by atoms with Crippen molar-refractivity contribution in [3.8, 4) is 0 Å². The van der Waals surface area contributed by atoms with Crippen LogP contribution in [0.15, 0.2) is 12.3 Å². The van der Waals surface area contributed by atoms with E-state index in [2.05, 4.69) is 10.3 Å². The summed E-state index contributed by atoms with van der Waals surface area (Å²) in [6.45, 7) is 5.23. The molecule has 0 atom stereocenters. The molecule has 0 unspecified atom stereocenters. The summed E-state index contributed by atoms with van der Waals surface area (Å²) >= 11 is 0. The second kappa shape index (κ2) is 6.80. The second-order valence-electron chi connectivity index (χ2n) is 6.30. The number of carbonyl (C=O) groups excluding carboxylic acids is 1. The average molecular weight is 341 g/mol. The minimum atomic E-state index is -0.515. The third kappa shape index (κ3) is 3.45. The summed E-state index contributed by atoms with van der Waals surface area (Å²) in [6.07, 6.45) is 4.36. The van der Waals surface area contributed by atoms with E-state index in [9.17, 15) is 14.9 Å². The van der Waals surface area contributed by atoms with Gasteiger partial charge in [0.15, 0.2) is 0 Å². The molecule has 1 aromatic rings. The standard InChI is InChI=1S/C15H20N4O3.ClH/c1-11-13(8-12(9-17-11)19(21)22)14(20)18-6-3-15(4-7-18)2-5-16-10-15;/h8-9,16H,2-7,10H2,1H3;1H. The van der Waals surface area contributed by atoms with Crippen molar-refractivity contribution in [2.75, 3.05) is 26.2 Å². The molecule has 0 saturated carbocycles. The molecule has 3 heterocycles. The largest absolute Gasteiger partial charge is 0.339 e. The van der Waals surface area contributed by atoms with Crippen molar-refractivity contribution in [3.05, 3.63) is 33.6 Å². The number of hydrogen-bond acceptors (Lipinski definition) is 5. The van der Waals surface area contributed by atoms with Crippen LogP contribution in [-0.4, -0.2) is 46.9 Å². The zero-order valence-electron chi connectivity index (χ0n) is 13.1. The van der Waals surface area contributed by atoms with Gasteiger partial charge in [0.05, 0.1) is 16.2 Å². The number of piperidine rings is 1.